The molecule has 15 heavy (non-hydrogen) atoms. The lowest BCUT2D eigenvalue weighted by atomic mass is 10.3. The number of nitrogens with zero attached hydrogens (tertiary/aromatic N) is 2. The molecule has 0 atom stereocenters. The molecule has 0 aromatic carbocycles. The van der Waals surface area contributed by atoms with Crippen molar-refractivity contribution in [2.75, 3.05) is 0 Å². The Bertz CT molecular complexity index is 665. The van der Waals surface area contributed by atoms with E-state index in [1.54, 1.807) is 7.05 Å². The summed E-state index contributed by atoms with van der Waals surface area (Å²) in [7, 11) is 3.20. The van der Waals surface area contributed by atoms with Crippen molar-refractivity contribution in [2.24, 2.45) is 14.1 Å². The third-order valence-electron chi connectivity index (χ3n) is 2.39. The summed E-state index contributed by atoms with van der Waals surface area (Å²) in [4.78, 5) is 25.4. The SMILES string of the molecule is Cc1sc2c(c1I)c(=O)n(C)c(=O)n2C. The number of rotatable bonds is 0. The first-order valence-electron chi connectivity index (χ1n) is 4.29. The van der Waals surface area contributed by atoms with Gasteiger partial charge in [0.25, 0.3) is 5.56 Å². The van der Waals surface area contributed by atoms with E-state index < -0.39 is 0 Å². The summed E-state index contributed by atoms with van der Waals surface area (Å²) in [5.74, 6) is 0. The van der Waals surface area contributed by atoms with Gasteiger partial charge in [0.05, 0.1) is 5.39 Å². The van der Waals surface area contributed by atoms with Crippen LogP contribution in [0.15, 0.2) is 9.59 Å². The first-order chi connectivity index (χ1) is 6.95. The average molecular weight is 336 g/mol. The summed E-state index contributed by atoms with van der Waals surface area (Å²) in [6, 6.07) is 0. The standard InChI is InChI=1S/C9H9IN2O2S/c1-4-6(10)5-7(13)11(2)9(14)12(3)8(5)15-4/h1-3H3. The topological polar surface area (TPSA) is 44.0 Å². The summed E-state index contributed by atoms with van der Waals surface area (Å²) in [5.41, 5.74) is -0.480. The number of aryl methyl sites for hydroxylation is 2. The molecular weight excluding hydrogens is 327 g/mol. The highest BCUT2D eigenvalue weighted by atomic mass is 127. The van der Waals surface area contributed by atoms with Gasteiger partial charge >= 0.3 is 5.69 Å². The van der Waals surface area contributed by atoms with Gasteiger partial charge in [-0.3, -0.25) is 13.9 Å². The molecule has 6 heteroatoms. The molecule has 80 valence electrons. The van der Waals surface area contributed by atoms with Crippen LogP contribution in [0.1, 0.15) is 4.88 Å². The van der Waals surface area contributed by atoms with Crippen LogP contribution in [0.5, 0.6) is 0 Å². The molecule has 2 aromatic rings. The molecule has 2 rings (SSSR count). The number of fused-ring (bicyclic) bond motifs is 1. The molecule has 0 aliphatic carbocycles. The van der Waals surface area contributed by atoms with E-state index in [9.17, 15) is 9.59 Å². The zero-order valence-corrected chi connectivity index (χ0v) is 11.5. The number of hydrogen-bond donors (Lipinski definition) is 0. The second-order valence-electron chi connectivity index (χ2n) is 3.36. The van der Waals surface area contributed by atoms with Crippen LogP contribution in [-0.4, -0.2) is 9.13 Å². The Balaban J connectivity index is 3.23. The van der Waals surface area contributed by atoms with Crippen LogP contribution in [0.2, 0.25) is 0 Å². The smallest absolute Gasteiger partial charge is 0.287 e. The van der Waals surface area contributed by atoms with Gasteiger partial charge in [0, 0.05) is 22.5 Å². The van der Waals surface area contributed by atoms with E-state index in [0.717, 1.165) is 17.8 Å². The molecule has 0 amide bonds. The largest absolute Gasteiger partial charge is 0.331 e. The maximum absolute atomic E-state index is 11.9. The molecule has 4 nitrogen and oxygen atoms in total. The van der Waals surface area contributed by atoms with Crippen LogP contribution in [0, 0.1) is 10.5 Å². The van der Waals surface area contributed by atoms with Gasteiger partial charge in [0.2, 0.25) is 0 Å². The van der Waals surface area contributed by atoms with Crippen LogP contribution in [-0.2, 0) is 14.1 Å². The van der Waals surface area contributed by atoms with Crippen molar-refractivity contribution in [1.29, 1.82) is 0 Å². The highest BCUT2D eigenvalue weighted by Crippen LogP contribution is 2.28. The molecule has 0 saturated heterocycles. The lowest BCUT2D eigenvalue weighted by molar-refractivity contribution is 0.717. The second kappa shape index (κ2) is 3.44. The van der Waals surface area contributed by atoms with Crippen LogP contribution >= 0.6 is 33.9 Å². The molecule has 0 aliphatic heterocycles. The molecule has 2 aromatic heterocycles. The van der Waals surface area contributed by atoms with Gasteiger partial charge in [0.1, 0.15) is 4.83 Å². The van der Waals surface area contributed by atoms with Crippen molar-refractivity contribution >= 4 is 44.1 Å². The van der Waals surface area contributed by atoms with E-state index in [2.05, 4.69) is 22.6 Å². The maximum atomic E-state index is 11.9. The zero-order valence-electron chi connectivity index (χ0n) is 8.50. The van der Waals surface area contributed by atoms with Crippen LogP contribution < -0.4 is 11.2 Å². The Labute approximate surface area is 103 Å². The predicted molar refractivity (Wildman–Crippen MR) is 69.8 cm³/mol. The lowest BCUT2D eigenvalue weighted by Gasteiger charge is -2.02. The fraction of sp³-hybridized carbons (Fsp3) is 0.333. The maximum Gasteiger partial charge on any atom is 0.331 e. The number of halogens is 1. The molecule has 0 bridgehead atoms. The Kier molecular flexibility index (Phi) is 2.50. The first kappa shape index (κ1) is 10.9. The molecule has 0 N–H and O–H groups in total. The fourth-order valence-electron chi connectivity index (χ4n) is 1.50. The van der Waals surface area contributed by atoms with Gasteiger partial charge in [-0.1, -0.05) is 0 Å². The summed E-state index contributed by atoms with van der Waals surface area (Å²) in [5, 5.41) is 0.655. The van der Waals surface area contributed by atoms with E-state index in [1.165, 1.54) is 23.0 Å². The van der Waals surface area contributed by atoms with Crippen molar-refractivity contribution in [1.82, 2.24) is 9.13 Å². The monoisotopic (exact) mass is 336 g/mol. The Morgan fingerprint density at radius 3 is 2.40 bits per heavy atom. The van der Waals surface area contributed by atoms with Crippen LogP contribution in [0.25, 0.3) is 10.2 Å². The van der Waals surface area contributed by atoms with Gasteiger partial charge in [-0.15, -0.1) is 11.3 Å². The minimum atomic E-state index is -0.273. The van der Waals surface area contributed by atoms with Gasteiger partial charge < -0.3 is 0 Å². The Morgan fingerprint density at radius 2 is 1.80 bits per heavy atom. The van der Waals surface area contributed by atoms with E-state index in [1.807, 2.05) is 6.92 Å². The predicted octanol–water partition coefficient (Wildman–Crippen LogP) is 1.21. The molecule has 0 aliphatic rings. The molecule has 0 unspecified atom stereocenters. The summed E-state index contributed by atoms with van der Waals surface area (Å²) >= 11 is 3.63. The third-order valence-corrected chi connectivity index (χ3v) is 5.29. The lowest BCUT2D eigenvalue weighted by Crippen LogP contribution is -2.36. The number of thiophene rings is 1. The van der Waals surface area contributed by atoms with Crippen molar-refractivity contribution in [3.8, 4) is 0 Å². The van der Waals surface area contributed by atoms with Crippen molar-refractivity contribution in [3.63, 3.8) is 0 Å². The molecule has 0 radical (unpaired) electrons. The quantitative estimate of drug-likeness (QED) is 0.679. The molecule has 2 heterocycles. The van der Waals surface area contributed by atoms with Crippen LogP contribution in [0.3, 0.4) is 0 Å². The van der Waals surface area contributed by atoms with Crippen molar-refractivity contribution < 1.29 is 0 Å². The van der Waals surface area contributed by atoms with Crippen molar-refractivity contribution in [3.05, 3.63) is 29.3 Å². The summed E-state index contributed by atoms with van der Waals surface area (Å²) < 4.78 is 3.62. The first-order valence-corrected chi connectivity index (χ1v) is 6.19. The van der Waals surface area contributed by atoms with E-state index in [4.69, 9.17) is 0 Å². The van der Waals surface area contributed by atoms with E-state index in [-0.39, 0.29) is 11.2 Å². The highest BCUT2D eigenvalue weighted by Gasteiger charge is 2.15. The van der Waals surface area contributed by atoms with E-state index >= 15 is 0 Å². The van der Waals surface area contributed by atoms with Crippen LogP contribution in [0.4, 0.5) is 0 Å². The fourth-order valence-corrected chi connectivity index (χ4v) is 3.49. The second-order valence-corrected chi connectivity index (χ2v) is 5.64. The molecule has 0 fully saturated rings. The number of hydrogen-bond acceptors (Lipinski definition) is 3. The average Bonchev–Trinajstić information content (AvgIpc) is 2.50. The van der Waals surface area contributed by atoms with E-state index in [0.29, 0.717) is 5.39 Å². The summed E-state index contributed by atoms with van der Waals surface area (Å²) in [6.45, 7) is 1.95. The van der Waals surface area contributed by atoms with Gasteiger partial charge in [-0.05, 0) is 29.5 Å². The highest BCUT2D eigenvalue weighted by molar-refractivity contribution is 14.1. The minimum absolute atomic E-state index is 0.207. The number of aromatic nitrogens is 2. The van der Waals surface area contributed by atoms with Gasteiger partial charge in [0.15, 0.2) is 0 Å². The van der Waals surface area contributed by atoms with Gasteiger partial charge in [-0.2, -0.15) is 0 Å². The molecule has 0 saturated carbocycles. The molecule has 0 spiro atoms. The Hall–Kier alpha value is -0.630. The summed E-state index contributed by atoms with van der Waals surface area (Å²) in [6.07, 6.45) is 0. The van der Waals surface area contributed by atoms with Crippen molar-refractivity contribution in [2.45, 2.75) is 6.92 Å². The Morgan fingerprint density at radius 1 is 1.20 bits per heavy atom. The third kappa shape index (κ3) is 1.38. The zero-order chi connectivity index (χ0) is 11.3. The minimum Gasteiger partial charge on any atom is -0.287 e. The molecular formula is C9H9IN2O2S. The normalized spacial score (nSPS) is 11.2. The van der Waals surface area contributed by atoms with Gasteiger partial charge in [-0.25, -0.2) is 4.79 Å².